The Hall–Kier alpha value is -1.55. The van der Waals surface area contributed by atoms with Crippen molar-refractivity contribution < 1.29 is 9.59 Å². The van der Waals surface area contributed by atoms with Crippen LogP contribution in [0.5, 0.6) is 0 Å². The van der Waals surface area contributed by atoms with E-state index >= 15 is 0 Å². The molecular formula is C15H8Cl3NO2. The Balaban J connectivity index is 2.20. The lowest BCUT2D eigenvalue weighted by Gasteiger charge is -2.30. The average molecular weight is 341 g/mol. The zero-order valence-electron chi connectivity index (χ0n) is 10.5. The quantitative estimate of drug-likeness (QED) is 0.623. The molecule has 3 nitrogen and oxygen atoms in total. The summed E-state index contributed by atoms with van der Waals surface area (Å²) < 4.78 is 0. The second kappa shape index (κ2) is 5.02. The van der Waals surface area contributed by atoms with Crippen LogP contribution in [-0.2, 0) is 9.67 Å². The number of halogens is 3. The minimum atomic E-state index is -1.80. The zero-order valence-corrected chi connectivity index (χ0v) is 12.8. The molecule has 2 aromatic rings. The van der Waals surface area contributed by atoms with E-state index in [0.29, 0.717) is 11.3 Å². The highest BCUT2D eigenvalue weighted by Crippen LogP contribution is 2.42. The molecule has 6 heteroatoms. The first kappa shape index (κ1) is 14.4. The number of Topliss-reactive ketones (excluding diaryl/α,β-unsaturated/α-hetero) is 1. The van der Waals surface area contributed by atoms with E-state index in [4.69, 9.17) is 34.8 Å². The molecule has 1 unspecified atom stereocenters. The molecule has 1 aliphatic rings. The summed E-state index contributed by atoms with van der Waals surface area (Å²) in [6.07, 6.45) is 0. The summed E-state index contributed by atoms with van der Waals surface area (Å²) in [5.74, 6) is -1.13. The van der Waals surface area contributed by atoms with Gasteiger partial charge in [-0.1, -0.05) is 65.1 Å². The van der Waals surface area contributed by atoms with Gasteiger partial charge in [0.15, 0.2) is 5.78 Å². The van der Waals surface area contributed by atoms with E-state index in [1.807, 2.05) is 0 Å². The van der Waals surface area contributed by atoms with E-state index in [1.165, 1.54) is 12.1 Å². The summed E-state index contributed by atoms with van der Waals surface area (Å²) in [6, 6.07) is 11.3. The molecule has 1 amide bonds. The van der Waals surface area contributed by atoms with Crippen molar-refractivity contribution in [3.63, 3.8) is 0 Å². The molecule has 1 heterocycles. The van der Waals surface area contributed by atoms with Gasteiger partial charge in [0.05, 0.1) is 15.7 Å². The Morgan fingerprint density at radius 2 is 1.57 bits per heavy atom. The Bertz CT molecular complexity index is 761. The van der Waals surface area contributed by atoms with E-state index < -0.39 is 16.6 Å². The minimum absolute atomic E-state index is 0.229. The fourth-order valence-electron chi connectivity index (χ4n) is 2.27. The van der Waals surface area contributed by atoms with Gasteiger partial charge in [0, 0.05) is 5.56 Å². The van der Waals surface area contributed by atoms with Crippen LogP contribution in [0.3, 0.4) is 0 Å². The second-order valence-electron chi connectivity index (χ2n) is 4.62. The Morgan fingerprint density at radius 3 is 2.24 bits per heavy atom. The normalized spacial score (nSPS) is 20.9. The van der Waals surface area contributed by atoms with Gasteiger partial charge in [-0.25, -0.2) is 0 Å². The van der Waals surface area contributed by atoms with Crippen molar-refractivity contribution in [3.8, 4) is 0 Å². The Kier molecular flexibility index (Phi) is 3.44. The summed E-state index contributed by atoms with van der Waals surface area (Å²) in [7, 11) is 0. The number of nitrogens with one attached hydrogen (secondary N) is 1. The summed E-state index contributed by atoms with van der Waals surface area (Å²) in [4.78, 5) is 23.3. The van der Waals surface area contributed by atoms with Crippen LogP contribution < -0.4 is 5.32 Å². The summed E-state index contributed by atoms with van der Waals surface area (Å²) in [6.45, 7) is 0. The number of carbonyl (C=O) groups excluding carboxylic acids is 2. The van der Waals surface area contributed by atoms with E-state index in [9.17, 15) is 9.59 Å². The summed E-state index contributed by atoms with van der Waals surface area (Å²) in [5, 5.41) is 3.10. The number of carbonyl (C=O) groups is 2. The monoisotopic (exact) mass is 339 g/mol. The molecule has 1 aliphatic heterocycles. The molecule has 0 bridgehead atoms. The number of hydrogen-bond acceptors (Lipinski definition) is 2. The number of amides is 1. The topological polar surface area (TPSA) is 46.2 Å². The Morgan fingerprint density at radius 1 is 0.952 bits per heavy atom. The van der Waals surface area contributed by atoms with Crippen LogP contribution >= 0.6 is 34.8 Å². The van der Waals surface area contributed by atoms with Gasteiger partial charge in [0.1, 0.15) is 0 Å². The highest BCUT2D eigenvalue weighted by atomic mass is 35.5. The molecule has 21 heavy (non-hydrogen) atoms. The lowest BCUT2D eigenvalue weighted by atomic mass is 9.85. The van der Waals surface area contributed by atoms with Gasteiger partial charge in [0.2, 0.25) is 4.87 Å². The van der Waals surface area contributed by atoms with Gasteiger partial charge in [-0.2, -0.15) is 0 Å². The molecule has 0 aliphatic carbocycles. The molecule has 2 aromatic carbocycles. The van der Waals surface area contributed by atoms with Crippen LogP contribution in [0.4, 0.5) is 5.69 Å². The van der Waals surface area contributed by atoms with Gasteiger partial charge < -0.3 is 5.32 Å². The van der Waals surface area contributed by atoms with Crippen LogP contribution in [0.25, 0.3) is 0 Å². The first-order valence-electron chi connectivity index (χ1n) is 6.04. The minimum Gasteiger partial charge on any atom is -0.323 e. The van der Waals surface area contributed by atoms with Crippen molar-refractivity contribution in [2.24, 2.45) is 0 Å². The summed E-state index contributed by atoms with van der Waals surface area (Å²) in [5.41, 5.74) is 0.959. The van der Waals surface area contributed by atoms with Crippen LogP contribution in [0, 0.1) is 0 Å². The molecular weight excluding hydrogens is 333 g/mol. The van der Waals surface area contributed by atoms with E-state index in [-0.39, 0.29) is 15.6 Å². The molecule has 0 saturated carbocycles. The second-order valence-corrected chi connectivity index (χ2v) is 6.00. The maximum atomic E-state index is 12.7. The highest BCUT2D eigenvalue weighted by Gasteiger charge is 2.50. The lowest BCUT2D eigenvalue weighted by molar-refractivity contribution is -0.117. The number of ketones is 1. The molecule has 106 valence electrons. The molecule has 1 N–H and O–H groups in total. The maximum absolute atomic E-state index is 12.7. The van der Waals surface area contributed by atoms with Crippen molar-refractivity contribution >= 4 is 52.2 Å². The molecule has 0 aromatic heterocycles. The van der Waals surface area contributed by atoms with Gasteiger partial charge in [-0.05, 0) is 17.7 Å². The van der Waals surface area contributed by atoms with Gasteiger partial charge in [-0.15, -0.1) is 0 Å². The van der Waals surface area contributed by atoms with Gasteiger partial charge in [0.25, 0.3) is 5.91 Å². The number of hydrogen-bond donors (Lipinski definition) is 1. The maximum Gasteiger partial charge on any atom is 0.258 e. The fraction of sp³-hybridized carbons (Fsp3) is 0.0667. The first-order chi connectivity index (χ1) is 9.94. The third-order valence-corrected chi connectivity index (χ3v) is 4.63. The van der Waals surface area contributed by atoms with E-state index in [1.54, 1.807) is 30.3 Å². The van der Waals surface area contributed by atoms with Crippen molar-refractivity contribution in [2.45, 2.75) is 4.87 Å². The Labute approximate surface area is 135 Å². The fourth-order valence-corrected chi connectivity index (χ4v) is 2.87. The van der Waals surface area contributed by atoms with Crippen LogP contribution in [0.15, 0.2) is 42.5 Å². The third-order valence-electron chi connectivity index (χ3n) is 3.35. The standard InChI is InChI=1S/C15H8Cl3NO2/c16-10-6-9-12(7-11(10)17)19-14(21)15(18,13(9)20)8-4-2-1-3-5-8/h1-7H,(H,19,21). The van der Waals surface area contributed by atoms with Crippen molar-refractivity contribution in [1.29, 1.82) is 0 Å². The predicted molar refractivity (Wildman–Crippen MR) is 83.4 cm³/mol. The van der Waals surface area contributed by atoms with E-state index in [2.05, 4.69) is 5.32 Å². The van der Waals surface area contributed by atoms with Gasteiger partial charge >= 0.3 is 0 Å². The smallest absolute Gasteiger partial charge is 0.258 e. The number of alkyl halides is 1. The highest BCUT2D eigenvalue weighted by molar-refractivity contribution is 6.52. The average Bonchev–Trinajstić information content (AvgIpc) is 2.48. The molecule has 0 fully saturated rings. The molecule has 0 spiro atoms. The number of rotatable bonds is 1. The number of fused-ring (bicyclic) bond motifs is 1. The molecule has 1 atom stereocenters. The van der Waals surface area contributed by atoms with Crippen LogP contribution in [-0.4, -0.2) is 11.7 Å². The third kappa shape index (κ3) is 2.13. The first-order valence-corrected chi connectivity index (χ1v) is 7.17. The number of anilines is 1. The van der Waals surface area contributed by atoms with Crippen molar-refractivity contribution in [2.75, 3.05) is 5.32 Å². The zero-order chi connectivity index (χ0) is 15.2. The SMILES string of the molecule is O=C1Nc2cc(Cl)c(Cl)cc2C(=O)C1(Cl)c1ccccc1. The lowest BCUT2D eigenvalue weighted by Crippen LogP contribution is -2.46. The van der Waals surface area contributed by atoms with Crippen LogP contribution in [0.1, 0.15) is 15.9 Å². The van der Waals surface area contributed by atoms with E-state index in [0.717, 1.165) is 0 Å². The van der Waals surface area contributed by atoms with Crippen molar-refractivity contribution in [3.05, 3.63) is 63.6 Å². The van der Waals surface area contributed by atoms with Gasteiger partial charge in [-0.3, -0.25) is 9.59 Å². The molecule has 0 saturated heterocycles. The molecule has 0 radical (unpaired) electrons. The predicted octanol–water partition coefficient (Wildman–Crippen LogP) is 4.26. The molecule has 3 rings (SSSR count). The van der Waals surface area contributed by atoms with Crippen molar-refractivity contribution in [1.82, 2.24) is 0 Å². The van der Waals surface area contributed by atoms with Crippen LogP contribution in [0.2, 0.25) is 10.0 Å². The summed E-state index contributed by atoms with van der Waals surface area (Å²) >= 11 is 18.2. The number of benzene rings is 2. The largest absolute Gasteiger partial charge is 0.323 e.